The lowest BCUT2D eigenvalue weighted by molar-refractivity contribution is 0.414. The van der Waals surface area contributed by atoms with Gasteiger partial charge in [-0.15, -0.1) is 0 Å². The molecule has 5 nitrogen and oxygen atoms in total. The van der Waals surface area contributed by atoms with Crippen molar-refractivity contribution < 1.29 is 30.4 Å². The van der Waals surface area contributed by atoms with Gasteiger partial charge in [0.2, 0.25) is 10.0 Å². The van der Waals surface area contributed by atoms with Gasteiger partial charge >= 0.3 is 0 Å². The van der Waals surface area contributed by atoms with Gasteiger partial charge in [-0.2, -0.15) is 0 Å². The number of aryl methyl sites for hydroxylation is 1. The topological polar surface area (TPSA) is 65.2 Å². The molecule has 20 heavy (non-hydrogen) atoms. The molecule has 0 aliphatic rings. The van der Waals surface area contributed by atoms with Crippen molar-refractivity contribution in [2.24, 2.45) is 0 Å². The first-order valence-electron chi connectivity index (χ1n) is 13.2. The Morgan fingerprint density at radius 2 is 2.45 bits per heavy atom. The van der Waals surface area contributed by atoms with Crippen LogP contribution >= 0.6 is 0 Å². The third-order valence-electron chi connectivity index (χ3n) is 2.41. The lowest BCUT2D eigenvalue weighted by atomic mass is 10.1. The molecule has 6 heteroatoms. The van der Waals surface area contributed by atoms with Gasteiger partial charge in [-0.1, -0.05) is 6.07 Å². The maximum Gasteiger partial charge on any atom is 0.215 e. The van der Waals surface area contributed by atoms with Gasteiger partial charge < -0.3 is 9.88 Å². The first-order chi connectivity index (χ1) is 15.8. The minimum atomic E-state index is -5.48. The van der Waals surface area contributed by atoms with E-state index < -0.39 is 71.6 Å². The van der Waals surface area contributed by atoms with Crippen LogP contribution in [-0.4, -0.2) is 45.7 Å². The average molecular weight is 312 g/mol. The number of rotatable bonds is 6. The number of nitrogens with zero attached hydrogens (tertiary/aromatic N) is 1. The van der Waals surface area contributed by atoms with Crippen molar-refractivity contribution in [3.8, 4) is 0 Å². The summed E-state index contributed by atoms with van der Waals surface area (Å²) in [5.74, 6) is 0. The Hall–Kier alpha value is -1.37. The third kappa shape index (κ3) is 3.59. The molecule has 2 rings (SSSR count). The van der Waals surface area contributed by atoms with Crippen LogP contribution in [0.2, 0.25) is 2.82 Å². The van der Waals surface area contributed by atoms with Crippen LogP contribution < -0.4 is 4.72 Å². The quantitative estimate of drug-likeness (QED) is 0.845. The van der Waals surface area contributed by atoms with E-state index in [-0.39, 0.29) is 15.8 Å². The number of H-pyrrole nitrogens is 1. The number of aromatic nitrogens is 1. The molecule has 0 fully saturated rings. The highest BCUT2D eigenvalue weighted by molar-refractivity contribution is 7.88. The molecular weight excluding hydrogens is 274 g/mol. The van der Waals surface area contributed by atoms with Crippen LogP contribution in [0.25, 0.3) is 10.9 Å². The summed E-state index contributed by atoms with van der Waals surface area (Å²) in [6.07, 6.45) is -1.79. The summed E-state index contributed by atoms with van der Waals surface area (Å²) < 4.78 is 146. The van der Waals surface area contributed by atoms with Gasteiger partial charge in [-0.05, 0) is 50.6 Å². The highest BCUT2D eigenvalue weighted by atomic mass is 32.2. The Bertz CT molecular complexity index is 1230. The molecule has 1 aromatic heterocycles. The van der Waals surface area contributed by atoms with Gasteiger partial charge in [0.15, 0.2) is 1.41 Å². The number of nitrogens with one attached hydrogen (secondary N) is 2. The largest absolute Gasteiger partial charge is 0.361 e. The van der Waals surface area contributed by atoms with Gasteiger partial charge in [-0.3, -0.25) is 0 Å². The molecule has 0 saturated carbocycles. The Morgan fingerprint density at radius 3 is 3.20 bits per heavy atom. The molecule has 0 radical (unpaired) electrons. The predicted octanol–water partition coefficient (Wildman–Crippen LogP) is 1.32. The van der Waals surface area contributed by atoms with Crippen LogP contribution in [0.1, 0.15) is 30.3 Å². The Kier molecular flexibility index (Phi) is 1.36. The van der Waals surface area contributed by atoms with Gasteiger partial charge in [0.1, 0.15) is 1.41 Å². The lowest BCUT2D eigenvalue weighted by Crippen LogP contribution is -2.20. The molecule has 110 valence electrons. The van der Waals surface area contributed by atoms with Crippen LogP contribution in [0.3, 0.4) is 0 Å². The Balaban J connectivity index is 2.74. The van der Waals surface area contributed by atoms with E-state index in [1.165, 1.54) is 0 Å². The summed E-state index contributed by atoms with van der Waals surface area (Å²) in [4.78, 5) is 0.101. The van der Waals surface area contributed by atoms with E-state index in [0.29, 0.717) is 4.98 Å². The lowest BCUT2D eigenvalue weighted by Gasteiger charge is -2.08. The van der Waals surface area contributed by atoms with Crippen molar-refractivity contribution >= 4 is 20.9 Å². The van der Waals surface area contributed by atoms with Crippen molar-refractivity contribution in [3.05, 3.63) is 35.5 Å². The molecule has 2 aromatic rings. The number of hydrogen-bond donors (Lipinski definition) is 2. The maximum absolute atomic E-state index is 12.6. The molecule has 0 bridgehead atoms. The fourth-order valence-electron chi connectivity index (χ4n) is 1.59. The van der Waals surface area contributed by atoms with Crippen LogP contribution in [0.5, 0.6) is 0 Å². The summed E-state index contributed by atoms with van der Waals surface area (Å²) in [6, 6.07) is 2.66. The summed E-state index contributed by atoms with van der Waals surface area (Å²) in [6.45, 7) is -13.6. The molecule has 0 aliphatic carbocycles. The smallest absolute Gasteiger partial charge is 0.215 e. The second-order valence-electron chi connectivity index (χ2n) is 3.77. The highest BCUT2D eigenvalue weighted by Gasteiger charge is 2.11. The number of fused-ring (bicyclic) bond motifs is 1. The number of likely N-dealkylation sites (N-methyl/N-ethyl adjacent to an activating group) is 1. The van der Waals surface area contributed by atoms with Crippen LogP contribution in [-0.2, 0) is 22.1 Å². The van der Waals surface area contributed by atoms with E-state index in [1.54, 1.807) is 0 Å². The molecule has 0 saturated heterocycles. The van der Waals surface area contributed by atoms with Crippen LogP contribution in [0.4, 0.5) is 0 Å². The van der Waals surface area contributed by atoms with Gasteiger partial charge in [0.25, 0.3) is 0 Å². The summed E-state index contributed by atoms with van der Waals surface area (Å²) >= 11 is 0. The third-order valence-corrected chi connectivity index (χ3v) is 3.15. The average Bonchev–Trinajstić information content (AvgIpc) is 2.87. The fraction of sp³-hybridized carbons (Fsp3) is 0.429. The van der Waals surface area contributed by atoms with E-state index >= 15 is 0 Å². The second kappa shape index (κ2) is 5.95. The van der Waals surface area contributed by atoms with Crippen molar-refractivity contribution in [3.63, 3.8) is 0 Å². The number of sulfonamides is 1. The Labute approximate surface area is 142 Å². The van der Waals surface area contributed by atoms with E-state index in [0.717, 1.165) is 18.2 Å². The molecule has 1 aromatic carbocycles. The molecule has 2 N–H and O–H groups in total. The summed E-state index contributed by atoms with van der Waals surface area (Å²) in [5.41, 5.74) is -4.83. The maximum atomic E-state index is 12.6. The first kappa shape index (κ1) is 4.56. The molecule has 0 atom stereocenters. The predicted molar refractivity (Wildman–Crippen MR) is 82.2 cm³/mol. The first-order valence-corrected chi connectivity index (χ1v) is 6.70. The monoisotopic (exact) mass is 311 g/mol. The highest BCUT2D eigenvalue weighted by Crippen LogP contribution is 2.21. The molecule has 0 spiro atoms. The molecule has 0 aliphatic heterocycles. The molecule has 0 unspecified atom stereocenters. The summed E-state index contributed by atoms with van der Waals surface area (Å²) in [7, 11) is -5.48. The van der Waals surface area contributed by atoms with E-state index in [9.17, 15) is 8.42 Å². The molecule has 1 heterocycles. The number of benzene rings is 1. The van der Waals surface area contributed by atoms with Crippen molar-refractivity contribution in [2.45, 2.75) is 12.1 Å². The van der Waals surface area contributed by atoms with Crippen molar-refractivity contribution in [1.82, 2.24) is 14.6 Å². The number of aromatic amines is 1. The minimum absolute atomic E-state index is 0.157. The normalized spacial score (nSPS) is 27.7. The van der Waals surface area contributed by atoms with Crippen LogP contribution in [0.15, 0.2) is 24.4 Å². The Morgan fingerprint density at radius 1 is 1.60 bits per heavy atom. The summed E-state index contributed by atoms with van der Waals surface area (Å²) in [5, 5.41) is -0.281. The number of hydrogen-bond acceptors (Lipinski definition) is 3. The van der Waals surface area contributed by atoms with E-state index in [4.69, 9.17) is 22.0 Å². The van der Waals surface area contributed by atoms with Crippen molar-refractivity contribution in [1.29, 1.82) is 0 Å². The minimum Gasteiger partial charge on any atom is -0.361 e. The van der Waals surface area contributed by atoms with Gasteiger partial charge in [-0.25, -0.2) is 13.1 Å². The van der Waals surface area contributed by atoms with Gasteiger partial charge in [0, 0.05) is 41.4 Å². The van der Waals surface area contributed by atoms with Crippen LogP contribution in [0, 0.1) is 0 Å². The zero-order chi connectivity index (χ0) is 28.4. The zero-order valence-electron chi connectivity index (χ0n) is 26.0. The standard InChI is InChI=1S/C14H21N3O2S/c1-15-20(18,19)10-11-4-5-14-13(8-11)12(9-16-14)6-7-17(2)3/h4-5,8-9,15-16H,6-7,10H2,1-3H3/i1D3,2D3,3D3,7D2,9D,10D2/hD2. The second-order valence-corrected chi connectivity index (χ2v) is 5.11. The SMILES string of the molecule is [2H]c1c(CC([2H])([2H])N(C([2H])([2H])[2H])C([2H])([2H])[2H])c2cc(C([2H])([2H])S(=O)(=O)N([2H])C([2H])([2H])[2H])ccc2n1[2H]. The fourth-order valence-corrected chi connectivity index (χ4v) is 2.06. The van der Waals surface area contributed by atoms with Crippen molar-refractivity contribution in [2.75, 3.05) is 27.4 Å². The van der Waals surface area contributed by atoms with E-state index in [1.807, 2.05) is 0 Å². The van der Waals surface area contributed by atoms with E-state index in [2.05, 4.69) is 0 Å². The zero-order valence-corrected chi connectivity index (χ0v) is 10.8. The van der Waals surface area contributed by atoms with Gasteiger partial charge in [0.05, 0.1) is 7.08 Å². The molecule has 0 amide bonds. The molecular formula is C14H21N3O2S.